The van der Waals surface area contributed by atoms with Crippen LogP contribution in [0.25, 0.3) is 0 Å². The van der Waals surface area contributed by atoms with Crippen LogP contribution < -0.4 is 17.0 Å². The molecule has 1 rings (SSSR count). The van der Waals surface area contributed by atoms with E-state index in [-0.39, 0.29) is 12.4 Å². The summed E-state index contributed by atoms with van der Waals surface area (Å²) in [6.45, 7) is 4.28. The van der Waals surface area contributed by atoms with Crippen molar-refractivity contribution in [2.24, 2.45) is 0 Å². The molecule has 0 spiro atoms. The highest BCUT2D eigenvalue weighted by atomic mass is 35.5. The van der Waals surface area contributed by atoms with E-state index >= 15 is 0 Å². The second kappa shape index (κ2) is 5.16. The Bertz CT molecular complexity index is 221. The molecule has 0 saturated heterocycles. The zero-order chi connectivity index (χ0) is 7.40. The molecule has 0 atom stereocenters. The highest BCUT2D eigenvalue weighted by Gasteiger charge is 1.96. The van der Waals surface area contributed by atoms with Gasteiger partial charge in [-0.25, -0.2) is 0 Å². The molecule has 60 valence electrons. The van der Waals surface area contributed by atoms with Crippen molar-refractivity contribution in [2.45, 2.75) is 6.54 Å². The van der Waals surface area contributed by atoms with Crippen LogP contribution in [0.15, 0.2) is 42.2 Å². The summed E-state index contributed by atoms with van der Waals surface area (Å²) in [6.07, 6.45) is 3.90. The van der Waals surface area contributed by atoms with E-state index in [4.69, 9.17) is 11.6 Å². The molecule has 0 aliphatic heterocycles. The standard InChI is InChI=1S/C8H9ClN.ClH/c1-8(9)7-10-5-3-2-4-6-10;/h2-6H,1,7H2;1H/q+1;/p-1. The summed E-state index contributed by atoms with van der Waals surface area (Å²) in [4.78, 5) is 0. The van der Waals surface area contributed by atoms with Crippen LogP contribution in [-0.4, -0.2) is 0 Å². The largest absolute Gasteiger partial charge is 1.00 e. The van der Waals surface area contributed by atoms with Gasteiger partial charge in [-0.3, -0.25) is 0 Å². The number of rotatable bonds is 2. The lowest BCUT2D eigenvalue weighted by molar-refractivity contribution is -0.687. The first kappa shape index (κ1) is 10.5. The van der Waals surface area contributed by atoms with E-state index in [9.17, 15) is 0 Å². The molecule has 0 N–H and O–H groups in total. The van der Waals surface area contributed by atoms with E-state index < -0.39 is 0 Å². The Hall–Kier alpha value is -0.530. The SMILES string of the molecule is C=C(Cl)C[n+]1ccccc1.[Cl-]. The molecule has 0 bridgehead atoms. The molecule has 0 fully saturated rings. The molecule has 0 aliphatic carbocycles. The number of allylic oxidation sites excluding steroid dienone is 1. The summed E-state index contributed by atoms with van der Waals surface area (Å²) in [6, 6.07) is 5.88. The molecular formula is C8H9Cl2N. The number of hydrogen-bond donors (Lipinski definition) is 0. The Balaban J connectivity index is 0.000001000. The highest BCUT2D eigenvalue weighted by molar-refractivity contribution is 6.29. The smallest absolute Gasteiger partial charge is 0.183 e. The minimum absolute atomic E-state index is 0. The van der Waals surface area contributed by atoms with Crippen LogP contribution in [0.5, 0.6) is 0 Å². The van der Waals surface area contributed by atoms with E-state index in [0.717, 1.165) is 0 Å². The predicted octanol–water partition coefficient (Wildman–Crippen LogP) is -1.27. The van der Waals surface area contributed by atoms with E-state index in [1.807, 2.05) is 35.2 Å². The van der Waals surface area contributed by atoms with E-state index in [2.05, 4.69) is 6.58 Å². The number of halogens is 2. The van der Waals surface area contributed by atoms with Crippen LogP contribution >= 0.6 is 11.6 Å². The fourth-order valence-corrected chi connectivity index (χ4v) is 0.876. The second-order valence-corrected chi connectivity index (χ2v) is 2.60. The summed E-state index contributed by atoms with van der Waals surface area (Å²) in [5.74, 6) is 0. The minimum atomic E-state index is 0. The third kappa shape index (κ3) is 4.02. The van der Waals surface area contributed by atoms with Crippen molar-refractivity contribution in [2.75, 3.05) is 0 Å². The van der Waals surface area contributed by atoms with Crippen LogP contribution in [0.2, 0.25) is 0 Å². The van der Waals surface area contributed by atoms with Crippen molar-refractivity contribution in [3.63, 3.8) is 0 Å². The third-order valence-electron chi connectivity index (χ3n) is 1.13. The van der Waals surface area contributed by atoms with Gasteiger partial charge in [0.2, 0.25) is 0 Å². The molecule has 1 heterocycles. The van der Waals surface area contributed by atoms with Crippen molar-refractivity contribution < 1.29 is 17.0 Å². The van der Waals surface area contributed by atoms with Crippen molar-refractivity contribution in [1.29, 1.82) is 0 Å². The average Bonchev–Trinajstić information content (AvgIpc) is 1.88. The van der Waals surface area contributed by atoms with Gasteiger partial charge in [0.05, 0.1) is 5.03 Å². The maximum Gasteiger partial charge on any atom is 0.183 e. The zero-order valence-corrected chi connectivity index (χ0v) is 7.52. The van der Waals surface area contributed by atoms with E-state index in [1.54, 1.807) is 0 Å². The first-order chi connectivity index (χ1) is 4.79. The molecule has 0 saturated carbocycles. The van der Waals surface area contributed by atoms with Gasteiger partial charge in [0.25, 0.3) is 0 Å². The van der Waals surface area contributed by atoms with Gasteiger partial charge in [-0.15, -0.1) is 0 Å². The van der Waals surface area contributed by atoms with Gasteiger partial charge in [-0.05, 0) is 0 Å². The Morgan fingerprint density at radius 1 is 1.27 bits per heavy atom. The average molecular weight is 190 g/mol. The van der Waals surface area contributed by atoms with Crippen LogP contribution in [0.4, 0.5) is 0 Å². The Kier molecular flexibility index (Phi) is 4.92. The number of aromatic nitrogens is 1. The fraction of sp³-hybridized carbons (Fsp3) is 0.125. The maximum absolute atomic E-state index is 5.60. The highest BCUT2D eigenvalue weighted by Crippen LogP contribution is 1.94. The molecule has 1 aromatic rings. The maximum atomic E-state index is 5.60. The first-order valence-electron chi connectivity index (χ1n) is 3.06. The first-order valence-corrected chi connectivity index (χ1v) is 3.44. The molecule has 1 nitrogen and oxygen atoms in total. The third-order valence-corrected chi connectivity index (χ3v) is 1.25. The van der Waals surface area contributed by atoms with Crippen LogP contribution in [0.3, 0.4) is 0 Å². The normalized spacial score (nSPS) is 8.45. The molecule has 3 heteroatoms. The van der Waals surface area contributed by atoms with E-state index in [1.165, 1.54) is 0 Å². The summed E-state index contributed by atoms with van der Waals surface area (Å²) in [5.41, 5.74) is 0. The summed E-state index contributed by atoms with van der Waals surface area (Å²) in [7, 11) is 0. The molecule has 0 unspecified atom stereocenters. The lowest BCUT2D eigenvalue weighted by atomic mass is 10.5. The zero-order valence-electron chi connectivity index (χ0n) is 6.00. The van der Waals surface area contributed by atoms with Crippen molar-refractivity contribution in [1.82, 2.24) is 0 Å². The summed E-state index contributed by atoms with van der Waals surface area (Å²) < 4.78 is 1.97. The number of nitrogens with zero attached hydrogens (tertiary/aromatic N) is 1. The van der Waals surface area contributed by atoms with Gasteiger partial charge >= 0.3 is 0 Å². The van der Waals surface area contributed by atoms with Gasteiger partial charge in [0, 0.05) is 12.1 Å². The monoisotopic (exact) mass is 189 g/mol. The van der Waals surface area contributed by atoms with Gasteiger partial charge in [0.15, 0.2) is 18.9 Å². The predicted molar refractivity (Wildman–Crippen MR) is 41.6 cm³/mol. The van der Waals surface area contributed by atoms with Crippen molar-refractivity contribution in [3.05, 3.63) is 42.2 Å². The topological polar surface area (TPSA) is 3.88 Å². The van der Waals surface area contributed by atoms with E-state index in [0.29, 0.717) is 11.6 Å². The quantitative estimate of drug-likeness (QED) is 0.512. The van der Waals surface area contributed by atoms with Gasteiger partial charge in [-0.1, -0.05) is 24.2 Å². The lowest BCUT2D eigenvalue weighted by Gasteiger charge is -1.90. The van der Waals surface area contributed by atoms with Crippen LogP contribution in [0, 0.1) is 0 Å². The van der Waals surface area contributed by atoms with Gasteiger partial charge in [-0.2, -0.15) is 4.57 Å². The molecular weight excluding hydrogens is 181 g/mol. The Labute approximate surface area is 77.7 Å². The molecule has 0 radical (unpaired) electrons. The lowest BCUT2D eigenvalue weighted by Crippen LogP contribution is -3.00. The molecule has 11 heavy (non-hydrogen) atoms. The minimum Gasteiger partial charge on any atom is -1.00 e. The van der Waals surface area contributed by atoms with Crippen molar-refractivity contribution in [3.8, 4) is 0 Å². The van der Waals surface area contributed by atoms with Crippen LogP contribution in [-0.2, 0) is 6.54 Å². The molecule has 0 amide bonds. The molecule has 1 aromatic heterocycles. The fourth-order valence-electron chi connectivity index (χ4n) is 0.738. The number of pyridine rings is 1. The Morgan fingerprint density at radius 2 is 1.82 bits per heavy atom. The van der Waals surface area contributed by atoms with Crippen molar-refractivity contribution >= 4 is 11.6 Å². The summed E-state index contributed by atoms with van der Waals surface area (Å²) >= 11 is 5.60. The van der Waals surface area contributed by atoms with Gasteiger partial charge < -0.3 is 12.4 Å². The molecule has 0 aromatic carbocycles. The Morgan fingerprint density at radius 3 is 2.27 bits per heavy atom. The number of hydrogen-bond acceptors (Lipinski definition) is 0. The molecule has 0 aliphatic rings. The summed E-state index contributed by atoms with van der Waals surface area (Å²) in [5, 5.41) is 0.649. The second-order valence-electron chi connectivity index (χ2n) is 2.07. The van der Waals surface area contributed by atoms with Crippen LogP contribution in [0.1, 0.15) is 0 Å². The van der Waals surface area contributed by atoms with Gasteiger partial charge in [0.1, 0.15) is 0 Å².